The van der Waals surface area contributed by atoms with Crippen molar-refractivity contribution in [1.82, 2.24) is 4.98 Å². The van der Waals surface area contributed by atoms with Gasteiger partial charge in [0.2, 0.25) is 0 Å². The van der Waals surface area contributed by atoms with Crippen molar-refractivity contribution in [3.8, 4) is 0 Å². The van der Waals surface area contributed by atoms with Crippen LogP contribution in [0.3, 0.4) is 0 Å². The molecular weight excluding hydrogens is 166 g/mol. The van der Waals surface area contributed by atoms with E-state index in [1.165, 1.54) is 18.5 Å². The summed E-state index contributed by atoms with van der Waals surface area (Å²) in [5, 5.41) is 0. The molecule has 1 amide bonds. The molecule has 1 heterocycles. The number of aromatic nitrogens is 1. The number of carbonyl (C=O) groups excluding carboxylic acids is 1. The summed E-state index contributed by atoms with van der Waals surface area (Å²) in [5.74, 6) is -0.550. The summed E-state index contributed by atoms with van der Waals surface area (Å²) in [5.41, 5.74) is 11.0. The maximum atomic E-state index is 10.5. The average molecular weight is 174 g/mol. The topological polar surface area (TPSA) is 82.0 Å². The highest BCUT2D eigenvalue weighted by Crippen LogP contribution is 2.05. The molecular formula is C6H8ClN3O. The highest BCUT2D eigenvalue weighted by molar-refractivity contribution is 5.97. The van der Waals surface area contributed by atoms with E-state index >= 15 is 0 Å². The number of carbonyl (C=O) groups is 1. The third-order valence-electron chi connectivity index (χ3n) is 1.12. The monoisotopic (exact) mass is 173 g/mol. The second-order valence-corrected chi connectivity index (χ2v) is 1.83. The molecule has 0 saturated heterocycles. The number of nitrogens with zero attached hydrogens (tertiary/aromatic N) is 1. The fourth-order valence-corrected chi connectivity index (χ4v) is 0.611. The lowest BCUT2D eigenvalue weighted by Gasteiger charge is -1.96. The highest BCUT2D eigenvalue weighted by atomic mass is 35.5. The first-order valence-corrected chi connectivity index (χ1v) is 2.71. The van der Waals surface area contributed by atoms with Crippen LogP contribution in [0.2, 0.25) is 0 Å². The molecule has 4 nitrogen and oxygen atoms in total. The van der Waals surface area contributed by atoms with Crippen LogP contribution in [0, 0.1) is 0 Å². The van der Waals surface area contributed by atoms with Gasteiger partial charge in [0.25, 0.3) is 5.91 Å². The molecule has 1 aromatic heterocycles. The minimum Gasteiger partial charge on any atom is -0.398 e. The maximum absolute atomic E-state index is 10.5. The molecule has 60 valence electrons. The van der Waals surface area contributed by atoms with Gasteiger partial charge in [-0.25, -0.2) is 0 Å². The first-order chi connectivity index (χ1) is 4.72. The standard InChI is InChI=1S/C6H7N3O.ClH/c7-5-1-2-9-3-4(5)6(8)10;/h1-3H,(H2,7,9)(H2,8,10);1H. The number of pyridine rings is 1. The average Bonchev–Trinajstić information content (AvgIpc) is 1.88. The van der Waals surface area contributed by atoms with E-state index in [1.54, 1.807) is 0 Å². The predicted molar refractivity (Wildman–Crippen MR) is 44.4 cm³/mol. The van der Waals surface area contributed by atoms with E-state index in [2.05, 4.69) is 4.98 Å². The molecule has 0 aliphatic rings. The zero-order valence-electron chi connectivity index (χ0n) is 5.65. The molecule has 5 heteroatoms. The van der Waals surface area contributed by atoms with Gasteiger partial charge in [-0.3, -0.25) is 9.78 Å². The largest absolute Gasteiger partial charge is 0.398 e. The molecule has 11 heavy (non-hydrogen) atoms. The molecule has 0 bridgehead atoms. The van der Waals surface area contributed by atoms with Crippen LogP contribution in [0.1, 0.15) is 10.4 Å². The lowest BCUT2D eigenvalue weighted by atomic mass is 10.2. The van der Waals surface area contributed by atoms with Gasteiger partial charge in [0, 0.05) is 18.1 Å². The van der Waals surface area contributed by atoms with Crippen molar-refractivity contribution in [2.24, 2.45) is 5.73 Å². The molecule has 1 aromatic rings. The molecule has 0 atom stereocenters. The Labute approximate surface area is 70.0 Å². The van der Waals surface area contributed by atoms with E-state index < -0.39 is 5.91 Å². The zero-order valence-corrected chi connectivity index (χ0v) is 6.47. The van der Waals surface area contributed by atoms with Gasteiger partial charge in [0.15, 0.2) is 0 Å². The van der Waals surface area contributed by atoms with E-state index in [4.69, 9.17) is 11.5 Å². The Kier molecular flexibility index (Phi) is 3.33. The molecule has 1 rings (SSSR count). The van der Waals surface area contributed by atoms with Gasteiger partial charge in [-0.2, -0.15) is 0 Å². The summed E-state index contributed by atoms with van der Waals surface area (Å²) < 4.78 is 0. The second-order valence-electron chi connectivity index (χ2n) is 1.83. The molecule has 0 aliphatic carbocycles. The third-order valence-corrected chi connectivity index (χ3v) is 1.12. The van der Waals surface area contributed by atoms with Gasteiger partial charge in [-0.05, 0) is 6.07 Å². The quantitative estimate of drug-likeness (QED) is 0.636. The summed E-state index contributed by atoms with van der Waals surface area (Å²) in [6.45, 7) is 0. The van der Waals surface area contributed by atoms with Crippen molar-refractivity contribution in [2.45, 2.75) is 0 Å². The van der Waals surface area contributed by atoms with Crippen LogP contribution in [0.4, 0.5) is 5.69 Å². The van der Waals surface area contributed by atoms with Crippen molar-refractivity contribution >= 4 is 24.0 Å². The van der Waals surface area contributed by atoms with Crippen LogP contribution in [0.15, 0.2) is 18.5 Å². The number of hydrogen-bond donors (Lipinski definition) is 2. The molecule has 0 unspecified atom stereocenters. The Morgan fingerprint density at radius 1 is 1.55 bits per heavy atom. The van der Waals surface area contributed by atoms with E-state index in [-0.39, 0.29) is 18.0 Å². The van der Waals surface area contributed by atoms with Crippen molar-refractivity contribution < 1.29 is 4.79 Å². The van der Waals surface area contributed by atoms with Crippen LogP contribution < -0.4 is 11.5 Å². The summed E-state index contributed by atoms with van der Waals surface area (Å²) in [6.07, 6.45) is 2.85. The fraction of sp³-hybridized carbons (Fsp3) is 0. The highest BCUT2D eigenvalue weighted by Gasteiger charge is 2.02. The molecule has 0 fully saturated rings. The summed E-state index contributed by atoms with van der Waals surface area (Å²) in [6, 6.07) is 1.53. The van der Waals surface area contributed by atoms with Crippen LogP contribution in [0.25, 0.3) is 0 Å². The van der Waals surface area contributed by atoms with Crippen molar-refractivity contribution in [3.05, 3.63) is 24.0 Å². The number of amides is 1. The van der Waals surface area contributed by atoms with E-state index in [0.29, 0.717) is 5.69 Å². The summed E-state index contributed by atoms with van der Waals surface area (Å²) in [7, 11) is 0. The summed E-state index contributed by atoms with van der Waals surface area (Å²) in [4.78, 5) is 14.2. The van der Waals surface area contributed by atoms with Gasteiger partial charge in [-0.1, -0.05) is 0 Å². The Bertz CT molecular complexity index is 264. The van der Waals surface area contributed by atoms with Gasteiger partial charge in [0.1, 0.15) is 0 Å². The lowest BCUT2D eigenvalue weighted by molar-refractivity contribution is 0.100. The van der Waals surface area contributed by atoms with E-state index in [0.717, 1.165) is 0 Å². The number of primary amides is 1. The number of nitrogen functional groups attached to an aromatic ring is 1. The first-order valence-electron chi connectivity index (χ1n) is 2.71. The van der Waals surface area contributed by atoms with Crippen LogP contribution in [-0.4, -0.2) is 10.9 Å². The van der Waals surface area contributed by atoms with E-state index in [9.17, 15) is 4.79 Å². The number of nitrogens with two attached hydrogens (primary N) is 2. The molecule has 0 radical (unpaired) electrons. The van der Waals surface area contributed by atoms with Crippen LogP contribution in [0.5, 0.6) is 0 Å². The normalized spacial score (nSPS) is 8.36. The predicted octanol–water partition coefficient (Wildman–Crippen LogP) is 0.184. The summed E-state index contributed by atoms with van der Waals surface area (Å²) >= 11 is 0. The third kappa shape index (κ3) is 2.09. The van der Waals surface area contributed by atoms with Gasteiger partial charge < -0.3 is 11.5 Å². The zero-order chi connectivity index (χ0) is 7.56. The number of rotatable bonds is 1. The maximum Gasteiger partial charge on any atom is 0.252 e. The minimum absolute atomic E-state index is 0. The van der Waals surface area contributed by atoms with Crippen LogP contribution in [-0.2, 0) is 0 Å². The molecule has 0 spiro atoms. The van der Waals surface area contributed by atoms with Gasteiger partial charge in [-0.15, -0.1) is 12.4 Å². The number of hydrogen-bond acceptors (Lipinski definition) is 3. The number of halogens is 1. The Hall–Kier alpha value is -1.29. The second kappa shape index (κ2) is 3.78. The Morgan fingerprint density at radius 3 is 2.55 bits per heavy atom. The lowest BCUT2D eigenvalue weighted by Crippen LogP contribution is -2.13. The van der Waals surface area contributed by atoms with Crippen molar-refractivity contribution in [1.29, 1.82) is 0 Å². The van der Waals surface area contributed by atoms with Crippen molar-refractivity contribution in [3.63, 3.8) is 0 Å². The molecule has 0 aliphatic heterocycles. The Morgan fingerprint density at radius 2 is 2.18 bits per heavy atom. The van der Waals surface area contributed by atoms with Crippen LogP contribution >= 0.6 is 12.4 Å². The smallest absolute Gasteiger partial charge is 0.252 e. The fourth-order valence-electron chi connectivity index (χ4n) is 0.611. The molecule has 4 N–H and O–H groups in total. The number of anilines is 1. The molecule has 0 saturated carbocycles. The Balaban J connectivity index is 0.000001000. The van der Waals surface area contributed by atoms with E-state index in [1.807, 2.05) is 0 Å². The SMILES string of the molecule is Cl.NC(=O)c1cnccc1N. The molecule has 0 aromatic carbocycles. The van der Waals surface area contributed by atoms with Crippen molar-refractivity contribution in [2.75, 3.05) is 5.73 Å². The van der Waals surface area contributed by atoms with Gasteiger partial charge in [0.05, 0.1) is 5.56 Å². The first kappa shape index (κ1) is 9.71. The minimum atomic E-state index is -0.550. The van der Waals surface area contributed by atoms with Gasteiger partial charge >= 0.3 is 0 Å².